The predicted octanol–water partition coefficient (Wildman–Crippen LogP) is 9.08. The van der Waals surface area contributed by atoms with Crippen molar-refractivity contribution in [3.05, 3.63) is 106 Å². The molecular formula is C43H48BN. The fraction of sp³-hybridized carbons (Fsp3) is 0.442. The van der Waals surface area contributed by atoms with Gasteiger partial charge in [0.25, 0.3) is 0 Å². The van der Waals surface area contributed by atoms with E-state index in [9.17, 15) is 0 Å². The van der Waals surface area contributed by atoms with Gasteiger partial charge in [0.15, 0.2) is 0 Å². The topological polar surface area (TPSA) is 3.24 Å². The molecular weight excluding hydrogens is 541 g/mol. The molecule has 0 N–H and O–H groups in total. The van der Waals surface area contributed by atoms with Crippen molar-refractivity contribution in [2.45, 2.75) is 121 Å². The molecule has 0 amide bonds. The lowest BCUT2D eigenvalue weighted by atomic mass is 9.29. The summed E-state index contributed by atoms with van der Waals surface area (Å²) in [4.78, 5) is 2.67. The molecule has 2 aliphatic heterocycles. The fourth-order valence-electron chi connectivity index (χ4n) is 9.57. The second-order valence-electron chi connectivity index (χ2n) is 18.0. The second kappa shape index (κ2) is 8.55. The number of hydrogen-bond donors (Lipinski definition) is 0. The van der Waals surface area contributed by atoms with Crippen LogP contribution < -0.4 is 21.3 Å². The van der Waals surface area contributed by atoms with Gasteiger partial charge in [-0.2, -0.15) is 0 Å². The third kappa shape index (κ3) is 3.81. The first kappa shape index (κ1) is 28.0. The van der Waals surface area contributed by atoms with Gasteiger partial charge in [-0.05, 0) is 129 Å². The lowest BCUT2D eigenvalue weighted by Gasteiger charge is -2.47. The summed E-state index contributed by atoms with van der Waals surface area (Å²) in [6.07, 6.45) is 8.25. The van der Waals surface area contributed by atoms with Crippen LogP contribution in [-0.2, 0) is 27.1 Å². The zero-order valence-electron chi connectivity index (χ0n) is 28.7. The molecule has 45 heavy (non-hydrogen) atoms. The van der Waals surface area contributed by atoms with Crippen LogP contribution >= 0.6 is 0 Å². The minimum absolute atomic E-state index is 0.0754. The Morgan fingerprint density at radius 2 is 1.16 bits per heavy atom. The largest absolute Gasteiger partial charge is 0.311 e. The lowest BCUT2D eigenvalue weighted by Crippen LogP contribution is -2.64. The number of benzene rings is 4. The molecule has 228 valence electrons. The third-order valence-corrected chi connectivity index (χ3v) is 12.8. The van der Waals surface area contributed by atoms with Crippen LogP contribution in [0.25, 0.3) is 0 Å². The highest BCUT2D eigenvalue weighted by molar-refractivity contribution is 6.99. The number of fused-ring (bicyclic) bond motifs is 7. The standard InChI is InChI=1S/C43H48BN/c1-39(2,3)27-11-9-12-29(23-27)45-36-14-10-13-31-38(36)44(34-24-28(40(4,5)6)15-16-30(34)41(31,7)8)35-25-32-33(26-37(35)45)43(21-22-43)20-19-42(32)17-18-42/h9-16,23-26H,17-22H2,1-8H3. The molecule has 2 heterocycles. The van der Waals surface area contributed by atoms with Crippen molar-refractivity contribution in [3.8, 4) is 0 Å². The molecule has 4 aromatic rings. The third-order valence-electron chi connectivity index (χ3n) is 12.8. The van der Waals surface area contributed by atoms with E-state index in [2.05, 4.69) is 133 Å². The smallest absolute Gasteiger partial charge is 0.247 e. The zero-order valence-corrected chi connectivity index (χ0v) is 28.7. The second-order valence-corrected chi connectivity index (χ2v) is 18.0. The van der Waals surface area contributed by atoms with Gasteiger partial charge in [0.1, 0.15) is 0 Å². The summed E-state index contributed by atoms with van der Waals surface area (Å²) in [6, 6.07) is 29.5. The van der Waals surface area contributed by atoms with Crippen LogP contribution in [0.1, 0.15) is 127 Å². The van der Waals surface area contributed by atoms with Crippen molar-refractivity contribution in [3.63, 3.8) is 0 Å². The van der Waals surface area contributed by atoms with E-state index in [1.807, 2.05) is 0 Å². The first-order chi connectivity index (χ1) is 21.2. The highest BCUT2D eigenvalue weighted by atomic mass is 15.2. The Morgan fingerprint density at radius 1 is 0.556 bits per heavy atom. The van der Waals surface area contributed by atoms with E-state index in [-0.39, 0.29) is 23.0 Å². The normalized spacial score (nSPS) is 20.8. The van der Waals surface area contributed by atoms with Gasteiger partial charge in [-0.1, -0.05) is 109 Å². The molecule has 9 rings (SSSR count). The van der Waals surface area contributed by atoms with Crippen LogP contribution in [0, 0.1) is 0 Å². The van der Waals surface area contributed by atoms with Crippen LogP contribution in [0.3, 0.4) is 0 Å². The molecule has 0 aromatic heterocycles. The Bertz CT molecular complexity index is 1920. The fourth-order valence-corrected chi connectivity index (χ4v) is 9.57. The van der Waals surface area contributed by atoms with Gasteiger partial charge in [-0.3, -0.25) is 0 Å². The molecule has 0 saturated heterocycles. The van der Waals surface area contributed by atoms with Crippen molar-refractivity contribution in [1.82, 2.24) is 0 Å². The number of anilines is 3. The van der Waals surface area contributed by atoms with E-state index in [0.717, 1.165) is 0 Å². The summed E-state index contributed by atoms with van der Waals surface area (Å²) >= 11 is 0. The van der Waals surface area contributed by atoms with Gasteiger partial charge in [-0.25, -0.2) is 0 Å². The summed E-state index contributed by atoms with van der Waals surface area (Å²) in [7, 11) is 0. The Labute approximate surface area is 271 Å². The van der Waals surface area contributed by atoms with Gasteiger partial charge < -0.3 is 4.90 Å². The molecule has 2 fully saturated rings. The Morgan fingerprint density at radius 3 is 1.80 bits per heavy atom. The highest BCUT2D eigenvalue weighted by Crippen LogP contribution is 2.66. The molecule has 2 heteroatoms. The molecule has 2 saturated carbocycles. The van der Waals surface area contributed by atoms with Crippen molar-refractivity contribution in [1.29, 1.82) is 0 Å². The molecule has 5 aliphatic rings. The summed E-state index contributed by atoms with van der Waals surface area (Å²) in [5.41, 5.74) is 18.9. The van der Waals surface area contributed by atoms with Gasteiger partial charge in [-0.15, -0.1) is 0 Å². The van der Waals surface area contributed by atoms with E-state index < -0.39 is 0 Å². The van der Waals surface area contributed by atoms with E-state index in [0.29, 0.717) is 10.8 Å². The van der Waals surface area contributed by atoms with Crippen LogP contribution in [0.2, 0.25) is 0 Å². The van der Waals surface area contributed by atoms with E-state index in [1.165, 1.54) is 94.2 Å². The summed E-state index contributed by atoms with van der Waals surface area (Å²) < 4.78 is 0. The van der Waals surface area contributed by atoms with Crippen molar-refractivity contribution in [2.75, 3.05) is 4.90 Å². The predicted molar refractivity (Wildman–Crippen MR) is 193 cm³/mol. The zero-order chi connectivity index (χ0) is 31.3. The van der Waals surface area contributed by atoms with Crippen molar-refractivity contribution < 1.29 is 0 Å². The number of nitrogens with zero attached hydrogens (tertiary/aromatic N) is 1. The summed E-state index contributed by atoms with van der Waals surface area (Å²) in [5.74, 6) is 0. The Hall–Kier alpha value is -3.26. The first-order valence-electron chi connectivity index (χ1n) is 17.6. The van der Waals surface area contributed by atoms with Crippen molar-refractivity contribution >= 4 is 40.2 Å². The maximum absolute atomic E-state index is 2.76. The quantitative estimate of drug-likeness (QED) is 0.176. The van der Waals surface area contributed by atoms with Crippen LogP contribution in [0.15, 0.2) is 72.8 Å². The minimum Gasteiger partial charge on any atom is -0.311 e. The van der Waals surface area contributed by atoms with Gasteiger partial charge in [0.2, 0.25) is 6.71 Å². The first-order valence-corrected chi connectivity index (χ1v) is 17.6. The molecule has 0 bridgehead atoms. The maximum atomic E-state index is 2.76. The Kier molecular flexibility index (Phi) is 5.32. The molecule has 0 unspecified atom stereocenters. The van der Waals surface area contributed by atoms with Gasteiger partial charge in [0, 0.05) is 22.5 Å². The van der Waals surface area contributed by atoms with Gasteiger partial charge in [0.05, 0.1) is 0 Å². The molecule has 1 nitrogen and oxygen atoms in total. The van der Waals surface area contributed by atoms with Crippen LogP contribution in [-0.4, -0.2) is 6.71 Å². The molecule has 2 spiro atoms. The lowest BCUT2D eigenvalue weighted by molar-refractivity contribution is 0.459. The monoisotopic (exact) mass is 589 g/mol. The maximum Gasteiger partial charge on any atom is 0.247 e. The Balaban J connectivity index is 1.38. The van der Waals surface area contributed by atoms with E-state index in [1.54, 1.807) is 11.1 Å². The highest BCUT2D eigenvalue weighted by Gasteiger charge is 2.58. The average Bonchev–Trinajstić information content (AvgIpc) is 3.92. The number of rotatable bonds is 1. The molecule has 0 radical (unpaired) electrons. The minimum atomic E-state index is -0.0754. The van der Waals surface area contributed by atoms with Gasteiger partial charge >= 0.3 is 0 Å². The van der Waals surface area contributed by atoms with E-state index >= 15 is 0 Å². The molecule has 0 atom stereocenters. The average molecular weight is 590 g/mol. The SMILES string of the molecule is CC(C)(C)c1cccc(N2c3cc4c(cc3B3c5cc(C(C)(C)C)ccc5C(C)(C)c5cccc2c53)C2(CC2)CCC42CC2)c1. The van der Waals surface area contributed by atoms with Crippen LogP contribution in [0.5, 0.6) is 0 Å². The number of hydrogen-bond acceptors (Lipinski definition) is 1. The molecule has 3 aliphatic carbocycles. The molecule has 4 aromatic carbocycles. The van der Waals surface area contributed by atoms with E-state index in [4.69, 9.17) is 0 Å². The van der Waals surface area contributed by atoms with Crippen molar-refractivity contribution in [2.24, 2.45) is 0 Å². The van der Waals surface area contributed by atoms with Crippen LogP contribution in [0.4, 0.5) is 17.1 Å². The summed E-state index contributed by atoms with van der Waals surface area (Å²) in [5, 5.41) is 0. The summed E-state index contributed by atoms with van der Waals surface area (Å²) in [6.45, 7) is 19.3.